The van der Waals surface area contributed by atoms with Crippen LogP contribution in [0.15, 0.2) is 49.1 Å². The summed E-state index contributed by atoms with van der Waals surface area (Å²) in [6.07, 6.45) is 22.3. The van der Waals surface area contributed by atoms with Gasteiger partial charge in [0.15, 0.2) is 24.8 Å². The molecule has 2 amide bonds. The summed E-state index contributed by atoms with van der Waals surface area (Å²) in [5.41, 5.74) is 1.48. The molecule has 2 aromatic rings. The Morgan fingerprint density at radius 2 is 0.868 bits per heavy atom. The number of carbonyl (C=O) groups is 2. The molecule has 0 saturated carbocycles. The molecule has 0 aliphatic heterocycles. The number of aryl methyl sites for hydroxylation is 2. The van der Waals surface area contributed by atoms with Gasteiger partial charge in [-0.15, -0.1) is 0 Å². The second kappa shape index (κ2) is 23.1. The van der Waals surface area contributed by atoms with Crippen molar-refractivity contribution in [3.63, 3.8) is 0 Å². The first-order valence-electron chi connectivity index (χ1n) is 14.2. The summed E-state index contributed by atoms with van der Waals surface area (Å²) in [5, 5.41) is 5.92. The zero-order chi connectivity index (χ0) is 25.8. The van der Waals surface area contributed by atoms with Crippen LogP contribution in [0.3, 0.4) is 0 Å². The van der Waals surface area contributed by atoms with Crippen molar-refractivity contribution in [2.45, 2.75) is 104 Å². The van der Waals surface area contributed by atoms with Gasteiger partial charge in [-0.2, -0.15) is 0 Å². The number of amides is 2. The molecule has 2 heterocycles. The molecule has 0 saturated heterocycles. The zero-order valence-corrected chi connectivity index (χ0v) is 26.6. The molecule has 2 N–H and O–H groups in total. The van der Waals surface area contributed by atoms with Crippen LogP contribution in [0.1, 0.15) is 112 Å². The van der Waals surface area contributed by atoms with Crippen molar-refractivity contribution < 1.29 is 52.7 Å². The van der Waals surface area contributed by atoms with Crippen LogP contribution in [0.5, 0.6) is 0 Å². The summed E-state index contributed by atoms with van der Waals surface area (Å²) >= 11 is 0. The molecule has 0 unspecified atom stereocenters. The molecular weight excluding hydrogens is 608 g/mol. The Bertz CT molecular complexity index is 803. The molecule has 0 aliphatic rings. The van der Waals surface area contributed by atoms with Crippen molar-refractivity contribution in [2.75, 3.05) is 13.1 Å². The van der Waals surface area contributed by atoms with Gasteiger partial charge in [0, 0.05) is 50.2 Å². The lowest BCUT2D eigenvalue weighted by Crippen LogP contribution is -3.00. The Balaban J connectivity index is 0.00000684. The monoisotopic (exact) mass is 654 g/mol. The topological polar surface area (TPSA) is 66.0 Å². The van der Waals surface area contributed by atoms with Crippen molar-refractivity contribution in [3.8, 4) is 0 Å². The number of pyridine rings is 2. The summed E-state index contributed by atoms with van der Waals surface area (Å²) in [7, 11) is 0. The number of unbranched alkanes of at least 4 members (excludes halogenated alkanes) is 9. The van der Waals surface area contributed by atoms with E-state index in [1.165, 1.54) is 51.4 Å². The number of hydrogen-bond acceptors (Lipinski definition) is 2. The number of carbonyl (C=O) groups excluding carboxylic acids is 2. The van der Waals surface area contributed by atoms with E-state index >= 15 is 0 Å². The normalized spacial score (nSPS) is 10.3. The summed E-state index contributed by atoms with van der Waals surface area (Å²) in [5.74, 6) is 0.0450. The molecule has 38 heavy (non-hydrogen) atoms. The van der Waals surface area contributed by atoms with Crippen molar-refractivity contribution >= 4 is 11.8 Å². The van der Waals surface area contributed by atoms with Crippen LogP contribution in [0.4, 0.5) is 0 Å². The summed E-state index contributed by atoms with van der Waals surface area (Å²) in [6.45, 7) is 7.76. The van der Waals surface area contributed by atoms with E-state index in [9.17, 15) is 9.59 Å². The minimum atomic E-state index is 0. The molecule has 0 bridgehead atoms. The molecule has 0 spiro atoms. The third kappa shape index (κ3) is 15.6. The molecule has 0 atom stereocenters. The van der Waals surface area contributed by atoms with Crippen LogP contribution in [-0.4, -0.2) is 24.9 Å². The number of aromatic nitrogens is 2. The lowest BCUT2D eigenvalue weighted by Gasteiger charge is -2.04. The van der Waals surface area contributed by atoms with Gasteiger partial charge in [0.25, 0.3) is 11.8 Å². The van der Waals surface area contributed by atoms with Crippen molar-refractivity contribution in [2.24, 2.45) is 0 Å². The SMILES string of the molecule is CCCCNC(=O)c1cc[n+](CCCCCCCCCC[n+]2ccc(C(=O)NCCCC)cc2)cc1.[Br-].[Br-]. The Labute approximate surface area is 251 Å². The van der Waals surface area contributed by atoms with Gasteiger partial charge in [0.1, 0.15) is 13.1 Å². The Kier molecular flexibility index (Phi) is 22.0. The van der Waals surface area contributed by atoms with E-state index in [0.29, 0.717) is 0 Å². The molecule has 0 aromatic carbocycles. The number of nitrogens with one attached hydrogen (secondary N) is 2. The number of nitrogens with zero attached hydrogens (tertiary/aromatic N) is 2. The van der Waals surface area contributed by atoms with Gasteiger partial charge in [-0.3, -0.25) is 9.59 Å². The highest BCUT2D eigenvalue weighted by atomic mass is 79.9. The van der Waals surface area contributed by atoms with Crippen LogP contribution < -0.4 is 53.7 Å². The van der Waals surface area contributed by atoms with Gasteiger partial charge in [-0.1, -0.05) is 52.4 Å². The summed E-state index contributed by atoms with van der Waals surface area (Å²) < 4.78 is 4.35. The summed E-state index contributed by atoms with van der Waals surface area (Å²) in [6, 6.07) is 7.66. The fraction of sp³-hybridized carbons (Fsp3) is 0.600. The predicted octanol–water partition coefficient (Wildman–Crippen LogP) is -0.850. The van der Waals surface area contributed by atoms with Gasteiger partial charge < -0.3 is 44.6 Å². The van der Waals surface area contributed by atoms with E-state index in [1.807, 2.05) is 49.1 Å². The van der Waals surface area contributed by atoms with Crippen LogP contribution in [0, 0.1) is 0 Å². The molecule has 0 radical (unpaired) electrons. The quantitative estimate of drug-likeness (QED) is 0.153. The van der Waals surface area contributed by atoms with E-state index in [2.05, 4.69) is 33.6 Å². The fourth-order valence-electron chi connectivity index (χ4n) is 4.13. The highest BCUT2D eigenvalue weighted by molar-refractivity contribution is 5.94. The zero-order valence-electron chi connectivity index (χ0n) is 23.4. The number of halogens is 2. The van der Waals surface area contributed by atoms with Gasteiger partial charge in [-0.05, 0) is 25.7 Å². The largest absolute Gasteiger partial charge is 1.00 e. The van der Waals surface area contributed by atoms with Crippen LogP contribution in [0.2, 0.25) is 0 Å². The number of hydrogen-bond donors (Lipinski definition) is 2. The fourth-order valence-corrected chi connectivity index (χ4v) is 4.13. The molecule has 0 aliphatic carbocycles. The minimum Gasteiger partial charge on any atom is -1.00 e. The predicted molar refractivity (Wildman–Crippen MR) is 145 cm³/mol. The van der Waals surface area contributed by atoms with E-state index in [0.717, 1.165) is 63.0 Å². The van der Waals surface area contributed by atoms with E-state index in [-0.39, 0.29) is 45.8 Å². The van der Waals surface area contributed by atoms with Gasteiger partial charge in [0.2, 0.25) is 0 Å². The second-order valence-corrected chi connectivity index (χ2v) is 9.70. The molecule has 214 valence electrons. The van der Waals surface area contributed by atoms with Crippen molar-refractivity contribution in [3.05, 3.63) is 60.2 Å². The second-order valence-electron chi connectivity index (χ2n) is 9.70. The van der Waals surface area contributed by atoms with Crippen molar-refractivity contribution in [1.29, 1.82) is 0 Å². The molecule has 0 fully saturated rings. The van der Waals surface area contributed by atoms with E-state index in [1.54, 1.807) is 0 Å². The Hall–Kier alpha value is -1.80. The van der Waals surface area contributed by atoms with Crippen LogP contribution in [0.25, 0.3) is 0 Å². The third-order valence-electron chi connectivity index (χ3n) is 6.52. The first-order valence-corrected chi connectivity index (χ1v) is 14.2. The Morgan fingerprint density at radius 3 is 1.18 bits per heavy atom. The van der Waals surface area contributed by atoms with E-state index in [4.69, 9.17) is 0 Å². The Morgan fingerprint density at radius 1 is 0.553 bits per heavy atom. The first-order chi connectivity index (χ1) is 17.6. The van der Waals surface area contributed by atoms with Crippen molar-refractivity contribution in [1.82, 2.24) is 10.6 Å². The van der Waals surface area contributed by atoms with Crippen LogP contribution >= 0.6 is 0 Å². The molecule has 6 nitrogen and oxygen atoms in total. The highest BCUT2D eigenvalue weighted by Crippen LogP contribution is 2.09. The molecular formula is C30H48Br2N4O2. The third-order valence-corrected chi connectivity index (χ3v) is 6.52. The maximum atomic E-state index is 12.1. The molecule has 8 heteroatoms. The van der Waals surface area contributed by atoms with E-state index < -0.39 is 0 Å². The average Bonchev–Trinajstić information content (AvgIpc) is 2.90. The standard InChI is InChI=1S/C30H46N4O2.2BrH/c1-3-5-19-31-29(35)27-15-23-33(24-16-27)21-13-11-9-7-8-10-12-14-22-34-25-17-28(18-26-34)30(36)32-20-6-4-2;;/h15-18,23-26H,3-14,19-22H2,1-2H3;2*1H. The summed E-state index contributed by atoms with van der Waals surface area (Å²) in [4.78, 5) is 24.1. The number of rotatable bonds is 19. The first kappa shape index (κ1) is 36.2. The maximum Gasteiger partial charge on any atom is 0.251 e. The maximum absolute atomic E-state index is 12.1. The molecule has 2 aromatic heterocycles. The van der Waals surface area contributed by atoms with Gasteiger partial charge in [0.05, 0.1) is 11.1 Å². The molecule has 2 rings (SSSR count). The average molecular weight is 657 g/mol. The lowest BCUT2D eigenvalue weighted by atomic mass is 10.1. The smallest absolute Gasteiger partial charge is 0.251 e. The highest BCUT2D eigenvalue weighted by Gasteiger charge is 2.09. The van der Waals surface area contributed by atoms with Gasteiger partial charge >= 0.3 is 0 Å². The lowest BCUT2D eigenvalue weighted by molar-refractivity contribution is -0.697. The minimum absolute atomic E-state index is 0. The van der Waals surface area contributed by atoms with Crippen LogP contribution in [-0.2, 0) is 13.1 Å². The van der Waals surface area contributed by atoms with Gasteiger partial charge in [-0.25, -0.2) is 9.13 Å².